The molecule has 0 aliphatic carbocycles. The smallest absolute Gasteiger partial charge is 0.384 e. The highest BCUT2D eigenvalue weighted by Gasteiger charge is 2.19. The molecule has 1 amide bonds. The van der Waals surface area contributed by atoms with Gasteiger partial charge in [-0.1, -0.05) is 31.1 Å². The predicted octanol–water partition coefficient (Wildman–Crippen LogP) is 2.20. The van der Waals surface area contributed by atoms with E-state index >= 15 is 0 Å². The zero-order valence-corrected chi connectivity index (χ0v) is 14.2. The number of benzene rings is 1. The summed E-state index contributed by atoms with van der Waals surface area (Å²) in [7, 11) is 1.60. The van der Waals surface area contributed by atoms with Crippen molar-refractivity contribution in [1.29, 1.82) is 0 Å². The predicted molar refractivity (Wildman–Crippen MR) is 89.8 cm³/mol. The molecule has 2 rings (SSSR count). The van der Waals surface area contributed by atoms with Crippen LogP contribution in [0.25, 0.3) is 0 Å². The Morgan fingerprint density at radius 2 is 2.04 bits per heavy atom. The van der Waals surface area contributed by atoms with Crippen LogP contribution < -0.4 is 11.1 Å². The van der Waals surface area contributed by atoms with Crippen LogP contribution in [-0.4, -0.2) is 29.8 Å². The molecule has 0 bridgehead atoms. The van der Waals surface area contributed by atoms with Crippen molar-refractivity contribution in [3.05, 3.63) is 46.2 Å². The second-order valence-corrected chi connectivity index (χ2v) is 6.19. The van der Waals surface area contributed by atoms with E-state index in [2.05, 4.69) is 33.8 Å². The van der Waals surface area contributed by atoms with Crippen LogP contribution in [0, 0.1) is 11.8 Å². The summed E-state index contributed by atoms with van der Waals surface area (Å²) in [6.07, 6.45) is 1.23. The first-order valence-corrected chi connectivity index (χ1v) is 7.91. The monoisotopic (exact) mass is 333 g/mol. The second-order valence-electron chi connectivity index (χ2n) is 6.19. The van der Waals surface area contributed by atoms with Gasteiger partial charge in [-0.2, -0.15) is 0 Å². The van der Waals surface area contributed by atoms with Gasteiger partial charge in [-0.25, -0.2) is 4.79 Å². The lowest BCUT2D eigenvalue weighted by Crippen LogP contribution is -2.27. The van der Waals surface area contributed by atoms with Crippen LogP contribution in [0.2, 0.25) is 0 Å². The summed E-state index contributed by atoms with van der Waals surface area (Å²) in [6.45, 7) is 4.57. The summed E-state index contributed by atoms with van der Waals surface area (Å²) < 4.78 is 9.61. The number of anilines is 1. The van der Waals surface area contributed by atoms with Crippen molar-refractivity contribution in [3.63, 3.8) is 0 Å². The lowest BCUT2D eigenvalue weighted by Gasteiger charge is -2.18. The van der Waals surface area contributed by atoms with Gasteiger partial charge >= 0.3 is 5.76 Å². The summed E-state index contributed by atoms with van der Waals surface area (Å²) in [5.74, 6) is 0.106. The van der Waals surface area contributed by atoms with Crippen molar-refractivity contribution in [2.24, 2.45) is 11.8 Å². The van der Waals surface area contributed by atoms with E-state index in [1.165, 1.54) is 0 Å². The van der Waals surface area contributed by atoms with Gasteiger partial charge in [-0.15, -0.1) is 0 Å². The fourth-order valence-corrected chi connectivity index (χ4v) is 2.50. The molecular weight excluding hydrogens is 310 g/mol. The maximum absolute atomic E-state index is 12.4. The number of aromatic amines is 1. The van der Waals surface area contributed by atoms with Crippen molar-refractivity contribution in [3.8, 4) is 0 Å². The minimum absolute atomic E-state index is 0.0425. The molecule has 0 saturated carbocycles. The normalized spacial score (nSPS) is 12.3. The number of nitrogens with one attached hydrogen (secondary N) is 2. The molecular formula is C17H23N3O4. The number of H-pyrrole nitrogens is 1. The molecule has 7 nitrogen and oxygen atoms in total. The van der Waals surface area contributed by atoms with Gasteiger partial charge in [0.25, 0.3) is 0 Å². The number of rotatable bonds is 8. The van der Waals surface area contributed by atoms with Crippen LogP contribution in [0.1, 0.15) is 31.7 Å². The Balaban J connectivity index is 1.96. The van der Waals surface area contributed by atoms with Gasteiger partial charge in [0.1, 0.15) is 0 Å². The van der Waals surface area contributed by atoms with E-state index < -0.39 is 5.76 Å². The largest absolute Gasteiger partial charge is 0.438 e. The fraction of sp³-hybridized carbons (Fsp3) is 0.471. The molecule has 2 N–H and O–H groups in total. The third-order valence-corrected chi connectivity index (χ3v) is 3.57. The minimum Gasteiger partial charge on any atom is -0.384 e. The number of hydrogen-bond donors (Lipinski definition) is 2. The molecule has 1 atom stereocenters. The van der Waals surface area contributed by atoms with Crippen molar-refractivity contribution in [2.45, 2.75) is 26.7 Å². The highest BCUT2D eigenvalue weighted by molar-refractivity contribution is 5.92. The fourth-order valence-electron chi connectivity index (χ4n) is 2.50. The number of ether oxygens (including phenoxy) is 1. The number of methoxy groups -OCH3 is 1. The molecule has 0 spiro atoms. The van der Waals surface area contributed by atoms with Crippen molar-refractivity contribution >= 4 is 11.6 Å². The molecule has 1 aromatic carbocycles. The first-order valence-electron chi connectivity index (χ1n) is 7.91. The highest BCUT2D eigenvalue weighted by atomic mass is 16.5. The Morgan fingerprint density at radius 1 is 1.33 bits per heavy atom. The molecule has 0 radical (unpaired) electrons. The van der Waals surface area contributed by atoms with Gasteiger partial charge < -0.3 is 10.1 Å². The van der Waals surface area contributed by atoms with E-state index in [0.29, 0.717) is 24.8 Å². The van der Waals surface area contributed by atoms with Gasteiger partial charge in [0, 0.05) is 19.2 Å². The molecule has 1 heterocycles. The molecule has 24 heavy (non-hydrogen) atoms. The number of amides is 1. The molecule has 0 aliphatic heterocycles. The SMILES string of the molecule is COCC(CC(C)C)C(=O)Nc1ccc(Cc2noc(=O)[nH]2)cc1. The summed E-state index contributed by atoms with van der Waals surface area (Å²) in [4.78, 5) is 25.8. The van der Waals surface area contributed by atoms with Gasteiger partial charge in [0.15, 0.2) is 5.82 Å². The third kappa shape index (κ3) is 5.34. The third-order valence-electron chi connectivity index (χ3n) is 3.57. The van der Waals surface area contributed by atoms with Crippen LogP contribution in [0.4, 0.5) is 5.69 Å². The lowest BCUT2D eigenvalue weighted by atomic mass is 9.97. The molecule has 1 unspecified atom stereocenters. The van der Waals surface area contributed by atoms with Gasteiger partial charge in [0.2, 0.25) is 5.91 Å². The molecule has 0 fully saturated rings. The number of carbonyl (C=O) groups is 1. The van der Waals surface area contributed by atoms with E-state index in [0.717, 1.165) is 17.7 Å². The van der Waals surface area contributed by atoms with E-state index in [4.69, 9.17) is 4.74 Å². The van der Waals surface area contributed by atoms with Crippen LogP contribution in [0.3, 0.4) is 0 Å². The van der Waals surface area contributed by atoms with E-state index in [9.17, 15) is 9.59 Å². The maximum Gasteiger partial charge on any atom is 0.438 e. The highest BCUT2D eigenvalue weighted by Crippen LogP contribution is 2.17. The van der Waals surface area contributed by atoms with Crippen LogP contribution in [0.5, 0.6) is 0 Å². The molecule has 7 heteroatoms. The second kappa shape index (κ2) is 8.44. The first kappa shape index (κ1) is 17.9. The zero-order chi connectivity index (χ0) is 17.5. The average molecular weight is 333 g/mol. The zero-order valence-electron chi connectivity index (χ0n) is 14.2. The molecule has 0 saturated heterocycles. The number of nitrogens with zero attached hydrogens (tertiary/aromatic N) is 1. The summed E-state index contributed by atoms with van der Waals surface area (Å²) >= 11 is 0. The Hall–Kier alpha value is -2.41. The van der Waals surface area contributed by atoms with Crippen LogP contribution >= 0.6 is 0 Å². The molecule has 1 aromatic heterocycles. The Bertz CT molecular complexity index is 703. The van der Waals surface area contributed by atoms with E-state index in [1.54, 1.807) is 7.11 Å². The Morgan fingerprint density at radius 3 is 2.58 bits per heavy atom. The van der Waals surface area contributed by atoms with Gasteiger partial charge in [-0.3, -0.25) is 14.3 Å². The Kier molecular flexibility index (Phi) is 6.31. The van der Waals surface area contributed by atoms with Crippen LogP contribution in [-0.2, 0) is 16.0 Å². The Labute approximate surface area is 140 Å². The summed E-state index contributed by atoms with van der Waals surface area (Å²) in [5.41, 5.74) is 1.68. The van der Waals surface area contributed by atoms with E-state index in [-0.39, 0.29) is 11.8 Å². The maximum atomic E-state index is 12.4. The molecule has 0 aliphatic rings. The van der Waals surface area contributed by atoms with Gasteiger partial charge in [-0.05, 0) is 30.0 Å². The average Bonchev–Trinajstić information content (AvgIpc) is 2.93. The van der Waals surface area contributed by atoms with Gasteiger partial charge in [0.05, 0.1) is 12.5 Å². The minimum atomic E-state index is -0.566. The number of aromatic nitrogens is 2. The summed E-state index contributed by atoms with van der Waals surface area (Å²) in [5, 5.41) is 6.54. The number of hydrogen-bond acceptors (Lipinski definition) is 5. The topological polar surface area (TPSA) is 97.2 Å². The van der Waals surface area contributed by atoms with Crippen molar-refractivity contribution < 1.29 is 14.1 Å². The first-order chi connectivity index (χ1) is 11.5. The standard InChI is InChI=1S/C17H23N3O4/c1-11(2)8-13(10-23-3)16(21)18-14-6-4-12(5-7-14)9-15-19-17(22)24-20-15/h4-7,11,13H,8-10H2,1-3H3,(H,18,21)(H,19,20,22). The van der Waals surface area contributed by atoms with E-state index in [1.807, 2.05) is 24.3 Å². The molecule has 2 aromatic rings. The number of carbonyl (C=O) groups excluding carboxylic acids is 1. The molecule has 130 valence electrons. The van der Waals surface area contributed by atoms with Crippen LogP contribution in [0.15, 0.2) is 33.6 Å². The summed E-state index contributed by atoms with van der Waals surface area (Å²) in [6, 6.07) is 7.39. The van der Waals surface area contributed by atoms with Crippen molar-refractivity contribution in [1.82, 2.24) is 10.1 Å². The van der Waals surface area contributed by atoms with Crippen molar-refractivity contribution in [2.75, 3.05) is 19.0 Å². The lowest BCUT2D eigenvalue weighted by molar-refractivity contribution is -0.122. The quantitative estimate of drug-likeness (QED) is 0.772.